The summed E-state index contributed by atoms with van der Waals surface area (Å²) in [6, 6.07) is 10.5. The van der Waals surface area contributed by atoms with Crippen LogP contribution in [-0.4, -0.2) is 26.1 Å². The topological polar surface area (TPSA) is 92.7 Å². The SMILES string of the molecule is CCOc1ccc(C)cc1S(=O)(=O)Nc1cccc(C(=O)O)c1. The van der Waals surface area contributed by atoms with Crippen molar-refractivity contribution in [3.63, 3.8) is 0 Å². The predicted octanol–water partition coefficient (Wildman–Crippen LogP) is 2.89. The second-order valence-corrected chi connectivity index (χ2v) is 6.53. The maximum Gasteiger partial charge on any atom is 0.335 e. The number of anilines is 1. The summed E-state index contributed by atoms with van der Waals surface area (Å²) in [6.07, 6.45) is 0. The van der Waals surface area contributed by atoms with Crippen LogP contribution in [-0.2, 0) is 10.0 Å². The minimum absolute atomic E-state index is 0.000487. The Kier molecular flexibility index (Phi) is 4.90. The van der Waals surface area contributed by atoms with E-state index < -0.39 is 16.0 Å². The molecular formula is C16H17NO5S. The van der Waals surface area contributed by atoms with Crippen LogP contribution in [0.5, 0.6) is 5.75 Å². The molecule has 0 bridgehead atoms. The highest BCUT2D eigenvalue weighted by atomic mass is 32.2. The Morgan fingerprint density at radius 1 is 1.22 bits per heavy atom. The molecule has 0 amide bonds. The van der Waals surface area contributed by atoms with Crippen molar-refractivity contribution >= 4 is 21.7 Å². The van der Waals surface area contributed by atoms with Crippen molar-refractivity contribution in [1.82, 2.24) is 0 Å². The van der Waals surface area contributed by atoms with Gasteiger partial charge in [-0.2, -0.15) is 0 Å². The van der Waals surface area contributed by atoms with Gasteiger partial charge in [0, 0.05) is 5.69 Å². The molecule has 2 rings (SSSR count). The lowest BCUT2D eigenvalue weighted by atomic mass is 10.2. The van der Waals surface area contributed by atoms with Gasteiger partial charge in [0.1, 0.15) is 10.6 Å². The summed E-state index contributed by atoms with van der Waals surface area (Å²) in [5.74, 6) is -0.878. The van der Waals surface area contributed by atoms with E-state index in [0.29, 0.717) is 6.61 Å². The van der Waals surface area contributed by atoms with Gasteiger partial charge in [-0.1, -0.05) is 12.1 Å². The van der Waals surface area contributed by atoms with E-state index in [0.717, 1.165) is 5.56 Å². The molecule has 0 aliphatic heterocycles. The van der Waals surface area contributed by atoms with E-state index in [1.807, 2.05) is 0 Å². The lowest BCUT2D eigenvalue weighted by molar-refractivity contribution is 0.0697. The van der Waals surface area contributed by atoms with Crippen molar-refractivity contribution < 1.29 is 23.1 Å². The minimum Gasteiger partial charge on any atom is -0.492 e. The van der Waals surface area contributed by atoms with Gasteiger partial charge in [-0.15, -0.1) is 0 Å². The molecule has 7 heteroatoms. The Morgan fingerprint density at radius 2 is 1.96 bits per heavy atom. The average Bonchev–Trinajstić information content (AvgIpc) is 2.49. The van der Waals surface area contributed by atoms with Gasteiger partial charge in [-0.3, -0.25) is 4.72 Å². The first-order valence-corrected chi connectivity index (χ1v) is 8.41. The van der Waals surface area contributed by atoms with Gasteiger partial charge < -0.3 is 9.84 Å². The van der Waals surface area contributed by atoms with E-state index in [1.54, 1.807) is 26.0 Å². The van der Waals surface area contributed by atoms with Crippen LogP contribution in [0.2, 0.25) is 0 Å². The normalized spacial score (nSPS) is 11.0. The third-order valence-electron chi connectivity index (χ3n) is 3.05. The fraction of sp³-hybridized carbons (Fsp3) is 0.188. The quantitative estimate of drug-likeness (QED) is 0.847. The summed E-state index contributed by atoms with van der Waals surface area (Å²) in [5, 5.41) is 8.98. The number of carbonyl (C=O) groups is 1. The predicted molar refractivity (Wildman–Crippen MR) is 86.6 cm³/mol. The number of nitrogens with one attached hydrogen (secondary N) is 1. The van der Waals surface area contributed by atoms with Crippen LogP contribution in [0.4, 0.5) is 5.69 Å². The average molecular weight is 335 g/mol. The molecule has 23 heavy (non-hydrogen) atoms. The summed E-state index contributed by atoms with van der Waals surface area (Å²) < 4.78 is 32.9. The van der Waals surface area contributed by atoms with Crippen LogP contribution in [0.3, 0.4) is 0 Å². The third-order valence-corrected chi connectivity index (χ3v) is 4.45. The van der Waals surface area contributed by atoms with Crippen molar-refractivity contribution in [1.29, 1.82) is 0 Å². The fourth-order valence-corrected chi connectivity index (χ4v) is 3.31. The number of carboxylic acid groups (broad SMARTS) is 1. The second kappa shape index (κ2) is 6.70. The Hall–Kier alpha value is -2.54. The van der Waals surface area contributed by atoms with E-state index in [1.165, 1.54) is 30.3 Å². The van der Waals surface area contributed by atoms with Crippen LogP contribution >= 0.6 is 0 Å². The second-order valence-electron chi connectivity index (χ2n) is 4.87. The molecule has 0 aromatic heterocycles. The van der Waals surface area contributed by atoms with Gasteiger partial charge >= 0.3 is 5.97 Å². The molecule has 0 spiro atoms. The molecule has 0 saturated carbocycles. The first-order chi connectivity index (χ1) is 10.8. The zero-order valence-corrected chi connectivity index (χ0v) is 13.6. The molecule has 122 valence electrons. The number of hydrogen-bond donors (Lipinski definition) is 2. The molecular weight excluding hydrogens is 318 g/mol. The van der Waals surface area contributed by atoms with Crippen LogP contribution < -0.4 is 9.46 Å². The number of carboxylic acids is 1. The summed E-state index contributed by atoms with van der Waals surface area (Å²) >= 11 is 0. The molecule has 0 aliphatic rings. The van der Waals surface area contributed by atoms with E-state index in [4.69, 9.17) is 9.84 Å². The molecule has 0 fully saturated rings. The maximum absolute atomic E-state index is 12.6. The smallest absolute Gasteiger partial charge is 0.335 e. The summed E-state index contributed by atoms with van der Waals surface area (Å²) in [6.45, 7) is 3.87. The number of aryl methyl sites for hydroxylation is 1. The van der Waals surface area contributed by atoms with Gasteiger partial charge in [0.15, 0.2) is 0 Å². The van der Waals surface area contributed by atoms with E-state index in [2.05, 4.69) is 4.72 Å². The van der Waals surface area contributed by atoms with Gasteiger partial charge in [-0.05, 0) is 49.7 Å². The van der Waals surface area contributed by atoms with Crippen LogP contribution in [0.25, 0.3) is 0 Å². The molecule has 0 heterocycles. The van der Waals surface area contributed by atoms with Crippen molar-refractivity contribution in [2.24, 2.45) is 0 Å². The van der Waals surface area contributed by atoms with Gasteiger partial charge in [-0.25, -0.2) is 13.2 Å². The molecule has 2 N–H and O–H groups in total. The zero-order valence-electron chi connectivity index (χ0n) is 12.7. The molecule has 2 aromatic rings. The highest BCUT2D eigenvalue weighted by molar-refractivity contribution is 7.92. The van der Waals surface area contributed by atoms with Gasteiger partial charge in [0.05, 0.1) is 12.2 Å². The first kappa shape index (κ1) is 16.8. The Balaban J connectivity index is 2.41. The summed E-state index contributed by atoms with van der Waals surface area (Å²) in [4.78, 5) is 11.0. The Bertz CT molecular complexity index is 830. The van der Waals surface area contributed by atoms with Gasteiger partial charge in [0.25, 0.3) is 10.0 Å². The van der Waals surface area contributed by atoms with Crippen molar-refractivity contribution in [3.05, 3.63) is 53.6 Å². The van der Waals surface area contributed by atoms with E-state index in [-0.39, 0.29) is 21.9 Å². The monoisotopic (exact) mass is 335 g/mol. The molecule has 0 unspecified atom stereocenters. The molecule has 6 nitrogen and oxygen atoms in total. The standard InChI is InChI=1S/C16H17NO5S/c1-3-22-14-8-7-11(2)9-15(14)23(20,21)17-13-6-4-5-12(10-13)16(18)19/h4-10,17H,3H2,1-2H3,(H,18,19). The maximum atomic E-state index is 12.6. The Morgan fingerprint density at radius 3 is 2.61 bits per heavy atom. The number of rotatable bonds is 6. The molecule has 2 aromatic carbocycles. The lowest BCUT2D eigenvalue weighted by Crippen LogP contribution is -2.15. The number of aromatic carboxylic acids is 1. The minimum atomic E-state index is -3.90. The highest BCUT2D eigenvalue weighted by Gasteiger charge is 2.20. The number of hydrogen-bond acceptors (Lipinski definition) is 4. The summed E-state index contributed by atoms with van der Waals surface area (Å²) in [5.41, 5.74) is 0.946. The van der Waals surface area contributed by atoms with Crippen molar-refractivity contribution in [2.75, 3.05) is 11.3 Å². The van der Waals surface area contributed by atoms with Gasteiger partial charge in [0.2, 0.25) is 0 Å². The Labute approximate surface area is 134 Å². The number of sulfonamides is 1. The molecule has 0 radical (unpaired) electrons. The van der Waals surface area contributed by atoms with Crippen molar-refractivity contribution in [2.45, 2.75) is 18.7 Å². The molecule has 0 saturated heterocycles. The lowest BCUT2D eigenvalue weighted by Gasteiger charge is -2.13. The van der Waals surface area contributed by atoms with Crippen LogP contribution in [0, 0.1) is 6.92 Å². The number of benzene rings is 2. The first-order valence-electron chi connectivity index (χ1n) is 6.93. The summed E-state index contributed by atoms with van der Waals surface area (Å²) in [7, 11) is -3.90. The van der Waals surface area contributed by atoms with E-state index in [9.17, 15) is 13.2 Å². The third kappa shape index (κ3) is 4.01. The fourth-order valence-electron chi connectivity index (χ4n) is 2.03. The molecule has 0 atom stereocenters. The molecule has 0 aliphatic carbocycles. The van der Waals surface area contributed by atoms with Crippen molar-refractivity contribution in [3.8, 4) is 5.75 Å². The largest absolute Gasteiger partial charge is 0.492 e. The van der Waals surface area contributed by atoms with Crippen LogP contribution in [0.1, 0.15) is 22.8 Å². The van der Waals surface area contributed by atoms with E-state index >= 15 is 0 Å². The number of ether oxygens (including phenoxy) is 1. The highest BCUT2D eigenvalue weighted by Crippen LogP contribution is 2.27. The zero-order chi connectivity index (χ0) is 17.0. The van der Waals surface area contributed by atoms with Crippen LogP contribution in [0.15, 0.2) is 47.4 Å².